The van der Waals surface area contributed by atoms with Gasteiger partial charge in [-0.15, -0.1) is 0 Å². The third-order valence-electron chi connectivity index (χ3n) is 3.94. The first-order valence-electron chi connectivity index (χ1n) is 8.21. The molecular formula is C18H22N2O6. The fraction of sp³-hybridized carbons (Fsp3) is 0.389. The van der Waals surface area contributed by atoms with Crippen molar-refractivity contribution in [1.29, 1.82) is 0 Å². The molecule has 1 fully saturated rings. The Hall–Kier alpha value is -2.87. The molecule has 1 aliphatic heterocycles. The largest absolute Gasteiger partial charge is 0.465 e. The summed E-state index contributed by atoms with van der Waals surface area (Å²) in [5, 5.41) is 12.2. The van der Waals surface area contributed by atoms with Crippen molar-refractivity contribution >= 4 is 18.0 Å². The number of carbonyl (C=O) groups excluding carboxylic acids is 2. The van der Waals surface area contributed by atoms with E-state index in [1.165, 1.54) is 6.08 Å². The van der Waals surface area contributed by atoms with Gasteiger partial charge in [-0.25, -0.2) is 9.59 Å². The van der Waals surface area contributed by atoms with Gasteiger partial charge >= 0.3 is 18.0 Å². The van der Waals surface area contributed by atoms with Gasteiger partial charge in [0.05, 0.1) is 6.54 Å². The maximum atomic E-state index is 12.3. The van der Waals surface area contributed by atoms with Crippen LogP contribution in [0.5, 0.6) is 0 Å². The topological polar surface area (TPSA) is 105 Å². The molecule has 140 valence electrons. The summed E-state index contributed by atoms with van der Waals surface area (Å²) in [5.74, 6) is -1.07. The maximum absolute atomic E-state index is 12.3. The van der Waals surface area contributed by atoms with Crippen LogP contribution in [-0.2, 0) is 25.7 Å². The Labute approximate surface area is 151 Å². The zero-order valence-corrected chi connectivity index (χ0v) is 14.3. The molecular weight excluding hydrogens is 340 g/mol. The number of likely N-dealkylation sites (tertiary alicyclic amines) is 1. The second-order valence-corrected chi connectivity index (χ2v) is 5.83. The van der Waals surface area contributed by atoms with Gasteiger partial charge in [-0.3, -0.25) is 9.69 Å². The normalized spacial score (nSPS) is 19.0. The van der Waals surface area contributed by atoms with Gasteiger partial charge in [-0.2, -0.15) is 0 Å². The summed E-state index contributed by atoms with van der Waals surface area (Å²) in [7, 11) is 0. The summed E-state index contributed by atoms with van der Waals surface area (Å²) in [6.45, 7) is 3.66. The van der Waals surface area contributed by atoms with Crippen LogP contribution in [0.2, 0.25) is 0 Å². The maximum Gasteiger partial charge on any atom is 0.408 e. The quantitative estimate of drug-likeness (QED) is 0.528. The molecule has 0 radical (unpaired) electrons. The predicted molar refractivity (Wildman–Crippen MR) is 92.3 cm³/mol. The molecule has 2 rings (SSSR count). The lowest BCUT2D eigenvalue weighted by Gasteiger charge is -2.19. The molecule has 1 aliphatic rings. The van der Waals surface area contributed by atoms with Gasteiger partial charge in [0.25, 0.3) is 0 Å². The van der Waals surface area contributed by atoms with Crippen molar-refractivity contribution in [3.05, 3.63) is 48.6 Å². The molecule has 2 atom stereocenters. The van der Waals surface area contributed by atoms with Crippen molar-refractivity contribution in [3.8, 4) is 0 Å². The van der Waals surface area contributed by atoms with Crippen LogP contribution < -0.4 is 5.32 Å². The lowest BCUT2D eigenvalue weighted by molar-refractivity contribution is -0.149. The number of rotatable bonds is 8. The molecule has 0 bridgehead atoms. The number of carbonyl (C=O) groups is 3. The second kappa shape index (κ2) is 9.57. The van der Waals surface area contributed by atoms with Gasteiger partial charge in [0.1, 0.15) is 19.3 Å². The van der Waals surface area contributed by atoms with Crippen molar-refractivity contribution in [2.75, 3.05) is 19.7 Å². The molecule has 0 saturated carbocycles. The SMILES string of the molecule is C=CCOC(=O)CNC1CC(C(=O)OCc2ccccc2)N(C(=O)O)C1. The van der Waals surface area contributed by atoms with Crippen LogP contribution in [-0.4, -0.2) is 59.8 Å². The zero-order chi connectivity index (χ0) is 18.9. The Kier molecular flexibility index (Phi) is 7.16. The minimum absolute atomic E-state index is 0.0717. The van der Waals surface area contributed by atoms with Crippen LogP contribution in [0.15, 0.2) is 43.0 Å². The van der Waals surface area contributed by atoms with E-state index in [0.29, 0.717) is 0 Å². The van der Waals surface area contributed by atoms with E-state index in [1.54, 1.807) is 0 Å². The average molecular weight is 362 g/mol. The molecule has 8 heteroatoms. The summed E-state index contributed by atoms with van der Waals surface area (Å²) in [4.78, 5) is 36.2. The van der Waals surface area contributed by atoms with E-state index >= 15 is 0 Å². The standard InChI is InChI=1S/C18H22N2O6/c1-2-8-25-16(21)10-19-14-9-15(20(11-14)18(23)24)17(22)26-12-13-6-4-3-5-7-13/h2-7,14-15,19H,1,8-12H2,(H,23,24). The van der Waals surface area contributed by atoms with E-state index < -0.39 is 24.1 Å². The first-order chi connectivity index (χ1) is 12.5. The van der Waals surface area contributed by atoms with Crippen molar-refractivity contribution < 1.29 is 29.0 Å². The molecule has 2 N–H and O–H groups in total. The molecule has 1 heterocycles. The molecule has 1 aromatic rings. The highest BCUT2D eigenvalue weighted by atomic mass is 16.5. The van der Waals surface area contributed by atoms with Crippen LogP contribution in [0.25, 0.3) is 0 Å². The summed E-state index contributed by atoms with van der Waals surface area (Å²) >= 11 is 0. The van der Waals surface area contributed by atoms with E-state index in [2.05, 4.69) is 11.9 Å². The molecule has 1 aromatic carbocycles. The van der Waals surface area contributed by atoms with E-state index in [-0.39, 0.29) is 38.8 Å². The first-order valence-corrected chi connectivity index (χ1v) is 8.21. The van der Waals surface area contributed by atoms with Crippen molar-refractivity contribution in [1.82, 2.24) is 10.2 Å². The Bertz CT molecular complexity index is 648. The molecule has 0 spiro atoms. The number of ether oxygens (including phenoxy) is 2. The van der Waals surface area contributed by atoms with Gasteiger partial charge in [0.2, 0.25) is 0 Å². The molecule has 1 amide bonds. The van der Waals surface area contributed by atoms with E-state index in [1.807, 2.05) is 30.3 Å². The van der Waals surface area contributed by atoms with Gasteiger partial charge in [0, 0.05) is 12.6 Å². The lowest BCUT2D eigenvalue weighted by Crippen LogP contribution is -2.41. The number of amides is 1. The Balaban J connectivity index is 1.87. The summed E-state index contributed by atoms with van der Waals surface area (Å²) in [6, 6.07) is 7.90. The van der Waals surface area contributed by atoms with Crippen LogP contribution in [0.3, 0.4) is 0 Å². The van der Waals surface area contributed by atoms with Gasteiger partial charge in [0.15, 0.2) is 0 Å². The number of nitrogens with zero attached hydrogens (tertiary/aromatic N) is 1. The van der Waals surface area contributed by atoms with Crippen molar-refractivity contribution in [3.63, 3.8) is 0 Å². The van der Waals surface area contributed by atoms with Gasteiger partial charge in [-0.05, 0) is 12.0 Å². The van der Waals surface area contributed by atoms with Crippen LogP contribution in [0.4, 0.5) is 4.79 Å². The van der Waals surface area contributed by atoms with E-state index in [0.717, 1.165) is 10.5 Å². The Morgan fingerprint density at radius 3 is 2.65 bits per heavy atom. The van der Waals surface area contributed by atoms with Crippen LogP contribution in [0, 0.1) is 0 Å². The highest BCUT2D eigenvalue weighted by Crippen LogP contribution is 2.20. The smallest absolute Gasteiger partial charge is 0.408 e. The minimum Gasteiger partial charge on any atom is -0.465 e. The number of hydrogen-bond donors (Lipinski definition) is 2. The zero-order valence-electron chi connectivity index (χ0n) is 14.3. The number of carboxylic acid groups (broad SMARTS) is 1. The first kappa shape index (κ1) is 19.5. The molecule has 1 saturated heterocycles. The molecule has 8 nitrogen and oxygen atoms in total. The Morgan fingerprint density at radius 2 is 2.00 bits per heavy atom. The third kappa shape index (κ3) is 5.59. The minimum atomic E-state index is -1.20. The predicted octanol–water partition coefficient (Wildman–Crippen LogP) is 1.17. The molecule has 2 unspecified atom stereocenters. The third-order valence-corrected chi connectivity index (χ3v) is 3.94. The molecule has 26 heavy (non-hydrogen) atoms. The fourth-order valence-corrected chi connectivity index (χ4v) is 2.67. The highest BCUT2D eigenvalue weighted by Gasteiger charge is 2.40. The van der Waals surface area contributed by atoms with Crippen LogP contribution >= 0.6 is 0 Å². The number of esters is 2. The average Bonchev–Trinajstić information content (AvgIpc) is 3.08. The van der Waals surface area contributed by atoms with Gasteiger partial charge < -0.3 is 19.9 Å². The van der Waals surface area contributed by atoms with Crippen molar-refractivity contribution in [2.24, 2.45) is 0 Å². The number of benzene rings is 1. The van der Waals surface area contributed by atoms with E-state index in [9.17, 15) is 19.5 Å². The second-order valence-electron chi connectivity index (χ2n) is 5.83. The summed E-state index contributed by atoms with van der Waals surface area (Å²) < 4.78 is 10.1. The van der Waals surface area contributed by atoms with E-state index in [4.69, 9.17) is 9.47 Å². The number of nitrogens with one attached hydrogen (secondary N) is 1. The Morgan fingerprint density at radius 1 is 1.27 bits per heavy atom. The highest BCUT2D eigenvalue weighted by molar-refractivity contribution is 5.81. The van der Waals surface area contributed by atoms with Gasteiger partial charge in [-0.1, -0.05) is 43.0 Å². The van der Waals surface area contributed by atoms with Crippen LogP contribution in [0.1, 0.15) is 12.0 Å². The summed E-state index contributed by atoms with van der Waals surface area (Å²) in [6.07, 6.45) is 0.484. The molecule has 0 aromatic heterocycles. The van der Waals surface area contributed by atoms with Crippen molar-refractivity contribution in [2.45, 2.75) is 25.1 Å². The fourth-order valence-electron chi connectivity index (χ4n) is 2.67. The number of hydrogen-bond acceptors (Lipinski definition) is 6. The summed E-state index contributed by atoms with van der Waals surface area (Å²) in [5.41, 5.74) is 0.820. The lowest BCUT2D eigenvalue weighted by atomic mass is 10.1. The monoisotopic (exact) mass is 362 g/mol. The molecule has 0 aliphatic carbocycles.